The third kappa shape index (κ3) is 4.14. The van der Waals surface area contributed by atoms with Crippen LogP contribution in [-0.4, -0.2) is 68.7 Å². The van der Waals surface area contributed by atoms with Crippen molar-refractivity contribution in [3.05, 3.63) is 24.3 Å². The van der Waals surface area contributed by atoms with Crippen LogP contribution in [0.1, 0.15) is 40.0 Å². The minimum atomic E-state index is -0.416. The number of benzene rings is 1. The molecule has 2 saturated carbocycles. The van der Waals surface area contributed by atoms with E-state index in [4.69, 9.17) is 9.47 Å². The van der Waals surface area contributed by atoms with Crippen molar-refractivity contribution in [2.45, 2.75) is 52.2 Å². The Labute approximate surface area is 176 Å². The molecule has 0 spiro atoms. The lowest BCUT2D eigenvalue weighted by atomic mass is 9.70. The fourth-order valence-electron chi connectivity index (χ4n) is 6.21. The van der Waals surface area contributed by atoms with Gasteiger partial charge in [-0.3, -0.25) is 4.90 Å². The van der Waals surface area contributed by atoms with Gasteiger partial charge in [0.1, 0.15) is 5.75 Å². The molecule has 1 saturated heterocycles. The summed E-state index contributed by atoms with van der Waals surface area (Å²) in [5.41, 5.74) is 1.77. The number of hydrogen-bond donors (Lipinski definition) is 1. The molecule has 0 amide bonds. The Hall–Kier alpha value is -1.30. The molecule has 1 aromatic rings. The maximum absolute atomic E-state index is 10.6. The van der Waals surface area contributed by atoms with Crippen LogP contribution in [0.15, 0.2) is 24.3 Å². The largest absolute Gasteiger partial charge is 0.497 e. The fourth-order valence-corrected chi connectivity index (χ4v) is 6.21. The van der Waals surface area contributed by atoms with Crippen molar-refractivity contribution in [3.8, 4) is 5.75 Å². The minimum Gasteiger partial charge on any atom is -0.497 e. The van der Waals surface area contributed by atoms with Gasteiger partial charge in [0.2, 0.25) is 0 Å². The molecule has 5 heteroatoms. The number of aliphatic hydroxyl groups excluding tert-OH is 1. The number of anilines is 1. The molecule has 162 valence electrons. The summed E-state index contributed by atoms with van der Waals surface area (Å²) in [5, 5.41) is 10.6. The third-order valence-corrected chi connectivity index (χ3v) is 7.87. The lowest BCUT2D eigenvalue weighted by Crippen LogP contribution is -2.50. The van der Waals surface area contributed by atoms with E-state index in [1.54, 1.807) is 7.11 Å². The average molecular weight is 403 g/mol. The van der Waals surface area contributed by atoms with E-state index in [-0.39, 0.29) is 11.5 Å². The van der Waals surface area contributed by atoms with Crippen LogP contribution < -0.4 is 9.64 Å². The molecular formula is C24H38N2O3. The number of methoxy groups -OCH3 is 1. The number of aliphatic hydroxyl groups is 1. The molecule has 1 heterocycles. The Kier molecular flexibility index (Phi) is 5.84. The standard InChI is InChI=1S/C24H38N2O3/c1-23(2)18-9-10-24(3,15-18)22(23)29-17-20(27)16-25-11-13-26(14-12-25)19-5-7-21(28-4)8-6-19/h5-8,18,20,22,27H,9-17H2,1-4H3/t18-,20-,22-,24-/m1/s1. The van der Waals surface area contributed by atoms with E-state index >= 15 is 0 Å². The van der Waals surface area contributed by atoms with Crippen LogP contribution in [0.3, 0.4) is 0 Å². The highest BCUT2D eigenvalue weighted by Gasteiger charge is 2.60. The number of nitrogens with zero attached hydrogens (tertiary/aromatic N) is 2. The Morgan fingerprint density at radius 1 is 1.10 bits per heavy atom. The quantitative estimate of drug-likeness (QED) is 0.757. The van der Waals surface area contributed by atoms with Gasteiger partial charge in [-0.05, 0) is 60.3 Å². The van der Waals surface area contributed by atoms with Gasteiger partial charge in [-0.15, -0.1) is 0 Å². The highest BCUT2D eigenvalue weighted by atomic mass is 16.5. The lowest BCUT2D eigenvalue weighted by molar-refractivity contribution is -0.113. The Morgan fingerprint density at radius 3 is 2.38 bits per heavy atom. The van der Waals surface area contributed by atoms with Crippen molar-refractivity contribution in [3.63, 3.8) is 0 Å². The summed E-state index contributed by atoms with van der Waals surface area (Å²) >= 11 is 0. The summed E-state index contributed by atoms with van der Waals surface area (Å²) in [5.74, 6) is 1.67. The van der Waals surface area contributed by atoms with Gasteiger partial charge in [-0.2, -0.15) is 0 Å². The second-order valence-electron chi connectivity index (χ2n) is 10.3. The molecule has 0 aromatic heterocycles. The SMILES string of the molecule is COc1ccc(N2CCN(C[C@@H](O)CO[C@@H]3C(C)(C)[C@@H]4CC[C@]3(C)C4)CC2)cc1. The third-order valence-electron chi connectivity index (χ3n) is 7.87. The molecule has 4 rings (SSSR count). The van der Waals surface area contributed by atoms with Crippen molar-refractivity contribution >= 4 is 5.69 Å². The van der Waals surface area contributed by atoms with E-state index in [1.165, 1.54) is 24.9 Å². The highest BCUT2D eigenvalue weighted by Crippen LogP contribution is 2.63. The van der Waals surface area contributed by atoms with Crippen molar-refractivity contribution in [1.29, 1.82) is 0 Å². The molecule has 2 aliphatic carbocycles. The van der Waals surface area contributed by atoms with E-state index in [2.05, 4.69) is 42.7 Å². The van der Waals surface area contributed by atoms with E-state index in [0.717, 1.165) is 37.8 Å². The highest BCUT2D eigenvalue weighted by molar-refractivity contribution is 5.49. The zero-order chi connectivity index (χ0) is 20.6. The van der Waals surface area contributed by atoms with Gasteiger partial charge < -0.3 is 19.5 Å². The monoisotopic (exact) mass is 402 g/mol. The van der Waals surface area contributed by atoms with Crippen LogP contribution >= 0.6 is 0 Å². The van der Waals surface area contributed by atoms with E-state index < -0.39 is 6.10 Å². The number of fused-ring (bicyclic) bond motifs is 2. The van der Waals surface area contributed by atoms with Gasteiger partial charge >= 0.3 is 0 Å². The number of ether oxygens (including phenoxy) is 2. The average Bonchev–Trinajstić information content (AvgIpc) is 3.19. The first-order valence-corrected chi connectivity index (χ1v) is 11.2. The molecule has 1 N–H and O–H groups in total. The van der Waals surface area contributed by atoms with Gasteiger partial charge in [-0.25, -0.2) is 0 Å². The first kappa shape index (κ1) is 21.0. The zero-order valence-corrected chi connectivity index (χ0v) is 18.6. The predicted octanol–water partition coefficient (Wildman–Crippen LogP) is 3.41. The number of β-amino-alcohol motifs (C(OH)–C–C–N with tert-alkyl or cyclic N) is 1. The van der Waals surface area contributed by atoms with Crippen molar-refractivity contribution in [2.24, 2.45) is 16.7 Å². The van der Waals surface area contributed by atoms with Gasteiger partial charge in [0.25, 0.3) is 0 Å². The number of piperazine rings is 1. The van der Waals surface area contributed by atoms with Crippen LogP contribution in [0, 0.1) is 16.7 Å². The van der Waals surface area contributed by atoms with E-state index in [0.29, 0.717) is 18.6 Å². The second kappa shape index (κ2) is 8.09. The molecule has 5 nitrogen and oxygen atoms in total. The summed E-state index contributed by atoms with van der Waals surface area (Å²) in [6.07, 6.45) is 3.75. The summed E-state index contributed by atoms with van der Waals surface area (Å²) in [4.78, 5) is 4.76. The maximum Gasteiger partial charge on any atom is 0.119 e. The molecule has 0 unspecified atom stereocenters. The van der Waals surface area contributed by atoms with Crippen molar-refractivity contribution in [2.75, 3.05) is 51.3 Å². The normalized spacial score (nSPS) is 32.5. The summed E-state index contributed by atoms with van der Waals surface area (Å²) < 4.78 is 11.6. The number of rotatable bonds is 7. The van der Waals surface area contributed by atoms with Gasteiger partial charge in [0.05, 0.1) is 25.9 Å². The maximum atomic E-state index is 10.6. The van der Waals surface area contributed by atoms with E-state index in [9.17, 15) is 5.11 Å². The Bertz CT molecular complexity index is 679. The molecule has 1 aliphatic heterocycles. The molecule has 4 atom stereocenters. The smallest absolute Gasteiger partial charge is 0.119 e. The first-order chi connectivity index (χ1) is 13.8. The van der Waals surface area contributed by atoms with Crippen molar-refractivity contribution < 1.29 is 14.6 Å². The summed E-state index contributed by atoms with van der Waals surface area (Å²) in [7, 11) is 1.70. The molecule has 3 aliphatic rings. The van der Waals surface area contributed by atoms with Gasteiger partial charge in [-0.1, -0.05) is 20.8 Å². The second-order valence-corrected chi connectivity index (χ2v) is 10.3. The zero-order valence-electron chi connectivity index (χ0n) is 18.6. The number of hydrogen-bond acceptors (Lipinski definition) is 5. The molecule has 0 radical (unpaired) electrons. The van der Waals surface area contributed by atoms with Gasteiger partial charge in [0, 0.05) is 38.4 Å². The predicted molar refractivity (Wildman–Crippen MR) is 117 cm³/mol. The molecule has 29 heavy (non-hydrogen) atoms. The van der Waals surface area contributed by atoms with Crippen LogP contribution in [-0.2, 0) is 4.74 Å². The van der Waals surface area contributed by atoms with Crippen molar-refractivity contribution in [1.82, 2.24) is 4.90 Å². The molecule has 3 fully saturated rings. The Morgan fingerprint density at radius 2 is 1.79 bits per heavy atom. The first-order valence-electron chi connectivity index (χ1n) is 11.2. The van der Waals surface area contributed by atoms with Gasteiger partial charge in [0.15, 0.2) is 0 Å². The van der Waals surface area contributed by atoms with Crippen LogP contribution in [0.5, 0.6) is 5.75 Å². The molecular weight excluding hydrogens is 364 g/mol. The Balaban J connectivity index is 1.22. The molecule has 1 aromatic carbocycles. The fraction of sp³-hybridized carbons (Fsp3) is 0.750. The lowest BCUT2D eigenvalue weighted by Gasteiger charge is -2.43. The van der Waals surface area contributed by atoms with E-state index in [1.807, 2.05) is 12.1 Å². The molecule has 2 bridgehead atoms. The summed E-state index contributed by atoms with van der Waals surface area (Å²) in [6, 6.07) is 8.27. The van der Waals surface area contributed by atoms with Crippen LogP contribution in [0.4, 0.5) is 5.69 Å². The van der Waals surface area contributed by atoms with Crippen LogP contribution in [0.25, 0.3) is 0 Å². The minimum absolute atomic E-state index is 0.233. The summed E-state index contributed by atoms with van der Waals surface area (Å²) in [6.45, 7) is 12.2. The van der Waals surface area contributed by atoms with Crippen LogP contribution in [0.2, 0.25) is 0 Å². The topological polar surface area (TPSA) is 45.2 Å².